The van der Waals surface area contributed by atoms with E-state index in [1.165, 1.54) is 4.90 Å². The Kier molecular flexibility index (Phi) is 2.13. The van der Waals surface area contributed by atoms with Gasteiger partial charge in [0.25, 0.3) is 0 Å². The van der Waals surface area contributed by atoms with Crippen LogP contribution in [0.4, 0.5) is 0 Å². The highest BCUT2D eigenvalue weighted by atomic mass is 16.5. The average molecular weight is 250 g/mol. The minimum absolute atomic E-state index is 0.0737. The van der Waals surface area contributed by atoms with Gasteiger partial charge in [-0.1, -0.05) is 19.0 Å². The topological polar surface area (TPSA) is 102 Å². The molecule has 2 amide bonds. The molecule has 1 saturated carbocycles. The molecule has 1 aliphatic carbocycles. The maximum atomic E-state index is 12.0. The van der Waals surface area contributed by atoms with Crippen LogP contribution in [-0.4, -0.2) is 26.9 Å². The van der Waals surface area contributed by atoms with Gasteiger partial charge in [-0.05, 0) is 5.41 Å². The molecule has 7 heteroatoms. The summed E-state index contributed by atoms with van der Waals surface area (Å²) < 4.78 is 4.84. The number of rotatable bonds is 3. The van der Waals surface area contributed by atoms with Crippen molar-refractivity contribution in [3.63, 3.8) is 0 Å². The molecule has 2 fully saturated rings. The molecule has 3 rings (SSSR count). The summed E-state index contributed by atoms with van der Waals surface area (Å²) >= 11 is 0. The highest BCUT2D eigenvalue weighted by Crippen LogP contribution is 2.63. The van der Waals surface area contributed by atoms with Gasteiger partial charge in [0.05, 0.1) is 24.9 Å². The second-order valence-electron chi connectivity index (χ2n) is 5.35. The van der Waals surface area contributed by atoms with E-state index in [4.69, 9.17) is 10.3 Å². The number of amides is 2. The van der Waals surface area contributed by atoms with Gasteiger partial charge in [-0.2, -0.15) is 4.98 Å². The van der Waals surface area contributed by atoms with Gasteiger partial charge in [-0.25, -0.2) is 0 Å². The van der Waals surface area contributed by atoms with E-state index in [1.807, 2.05) is 13.8 Å². The predicted octanol–water partition coefficient (Wildman–Crippen LogP) is -0.331. The summed E-state index contributed by atoms with van der Waals surface area (Å²) in [6, 6.07) is 0. The molecule has 0 radical (unpaired) electrons. The van der Waals surface area contributed by atoms with Gasteiger partial charge >= 0.3 is 0 Å². The van der Waals surface area contributed by atoms with Gasteiger partial charge in [0.1, 0.15) is 0 Å². The second-order valence-corrected chi connectivity index (χ2v) is 5.35. The van der Waals surface area contributed by atoms with E-state index >= 15 is 0 Å². The van der Waals surface area contributed by atoms with Crippen LogP contribution in [0.25, 0.3) is 0 Å². The monoisotopic (exact) mass is 250 g/mol. The van der Waals surface area contributed by atoms with Gasteiger partial charge in [0.15, 0.2) is 5.82 Å². The number of hydrogen-bond donors (Lipinski definition) is 1. The molecule has 1 aliphatic heterocycles. The maximum absolute atomic E-state index is 12.0. The Labute approximate surface area is 103 Å². The fourth-order valence-electron chi connectivity index (χ4n) is 2.74. The lowest BCUT2D eigenvalue weighted by Crippen LogP contribution is -2.36. The number of nitrogens with two attached hydrogens (primary N) is 1. The van der Waals surface area contributed by atoms with E-state index in [-0.39, 0.29) is 42.2 Å². The first-order valence-corrected chi connectivity index (χ1v) is 5.83. The van der Waals surface area contributed by atoms with Gasteiger partial charge in [-0.15, -0.1) is 0 Å². The van der Waals surface area contributed by atoms with Crippen molar-refractivity contribution in [1.29, 1.82) is 0 Å². The van der Waals surface area contributed by atoms with E-state index in [0.717, 1.165) is 0 Å². The smallest absolute Gasteiger partial charge is 0.240 e. The first-order chi connectivity index (χ1) is 8.46. The summed E-state index contributed by atoms with van der Waals surface area (Å²) in [5.41, 5.74) is 5.16. The molecule has 2 heterocycles. The van der Waals surface area contributed by atoms with Crippen LogP contribution >= 0.6 is 0 Å². The molecule has 1 aromatic heterocycles. The molecule has 2 N–H and O–H groups in total. The number of carbonyl (C=O) groups excluding carboxylic acids is 2. The van der Waals surface area contributed by atoms with Crippen LogP contribution in [0.15, 0.2) is 4.52 Å². The van der Waals surface area contributed by atoms with E-state index in [0.29, 0.717) is 11.7 Å². The molecule has 7 nitrogen and oxygen atoms in total. The number of aromatic nitrogens is 2. The van der Waals surface area contributed by atoms with Crippen molar-refractivity contribution >= 4 is 11.8 Å². The largest absolute Gasteiger partial charge is 0.338 e. The maximum Gasteiger partial charge on any atom is 0.240 e. The van der Waals surface area contributed by atoms with Crippen LogP contribution in [0.1, 0.15) is 25.6 Å². The standard InChI is InChI=1S/C11H14N4O3/c1-11(2)7-8(11)10(17)15(9(7)16)4-5-13-6(3-12)18-14-5/h7-8H,3-4,12H2,1-2H3. The van der Waals surface area contributed by atoms with Gasteiger partial charge in [0.2, 0.25) is 17.7 Å². The number of piperidine rings is 1. The molecule has 18 heavy (non-hydrogen) atoms. The van der Waals surface area contributed by atoms with E-state index in [9.17, 15) is 9.59 Å². The van der Waals surface area contributed by atoms with Crippen molar-refractivity contribution in [2.45, 2.75) is 26.9 Å². The number of fused-ring (bicyclic) bond motifs is 1. The summed E-state index contributed by atoms with van der Waals surface area (Å²) in [6.45, 7) is 4.10. The summed E-state index contributed by atoms with van der Waals surface area (Å²) in [5, 5.41) is 3.68. The van der Waals surface area contributed by atoms with Gasteiger partial charge in [0, 0.05) is 0 Å². The van der Waals surface area contributed by atoms with Crippen molar-refractivity contribution < 1.29 is 14.1 Å². The molecule has 0 bridgehead atoms. The molecule has 1 aromatic rings. The zero-order chi connectivity index (χ0) is 13.1. The minimum Gasteiger partial charge on any atom is -0.338 e. The fourth-order valence-corrected chi connectivity index (χ4v) is 2.74. The van der Waals surface area contributed by atoms with Crippen LogP contribution in [0.2, 0.25) is 0 Å². The zero-order valence-electron chi connectivity index (χ0n) is 10.2. The van der Waals surface area contributed by atoms with Gasteiger partial charge < -0.3 is 10.3 Å². The first-order valence-electron chi connectivity index (χ1n) is 5.83. The Balaban J connectivity index is 1.76. The SMILES string of the molecule is CC1(C)C2C(=O)N(Cc3noc(CN)n3)C(=O)C21. The molecule has 96 valence electrons. The predicted molar refractivity (Wildman–Crippen MR) is 58.5 cm³/mol. The van der Waals surface area contributed by atoms with Gasteiger partial charge in [-0.3, -0.25) is 14.5 Å². The van der Waals surface area contributed by atoms with Crippen molar-refractivity contribution in [1.82, 2.24) is 15.0 Å². The zero-order valence-corrected chi connectivity index (χ0v) is 10.2. The summed E-state index contributed by atoms with van der Waals surface area (Å²) in [4.78, 5) is 29.3. The summed E-state index contributed by atoms with van der Waals surface area (Å²) in [7, 11) is 0. The lowest BCUT2D eigenvalue weighted by molar-refractivity contribution is -0.143. The normalized spacial score (nSPS) is 28.7. The van der Waals surface area contributed by atoms with E-state index < -0.39 is 0 Å². The van der Waals surface area contributed by atoms with Crippen LogP contribution in [0.3, 0.4) is 0 Å². The van der Waals surface area contributed by atoms with Crippen molar-refractivity contribution in [3.8, 4) is 0 Å². The van der Waals surface area contributed by atoms with Crippen molar-refractivity contribution in [3.05, 3.63) is 11.7 Å². The number of imide groups is 1. The molecular weight excluding hydrogens is 236 g/mol. The van der Waals surface area contributed by atoms with E-state index in [2.05, 4.69) is 10.1 Å². The number of hydrogen-bond acceptors (Lipinski definition) is 6. The summed E-state index contributed by atoms with van der Waals surface area (Å²) in [6.07, 6.45) is 0. The third kappa shape index (κ3) is 1.34. The quantitative estimate of drug-likeness (QED) is 0.737. The second kappa shape index (κ2) is 3.38. The Morgan fingerprint density at radius 1 is 1.33 bits per heavy atom. The Morgan fingerprint density at radius 2 is 1.94 bits per heavy atom. The molecule has 2 atom stereocenters. The molecule has 1 saturated heterocycles. The Morgan fingerprint density at radius 3 is 2.44 bits per heavy atom. The Hall–Kier alpha value is -1.76. The molecular formula is C11H14N4O3. The van der Waals surface area contributed by atoms with Crippen LogP contribution in [0.5, 0.6) is 0 Å². The summed E-state index contributed by atoms with van der Waals surface area (Å²) in [5.74, 6) is 0.00537. The fraction of sp³-hybridized carbons (Fsp3) is 0.636. The van der Waals surface area contributed by atoms with Crippen molar-refractivity contribution in [2.24, 2.45) is 23.0 Å². The molecule has 0 aromatic carbocycles. The first kappa shape index (κ1) is 11.3. The highest BCUT2D eigenvalue weighted by molar-refractivity contribution is 6.10. The lowest BCUT2D eigenvalue weighted by atomic mass is 10.1. The third-order valence-corrected chi connectivity index (χ3v) is 3.88. The third-order valence-electron chi connectivity index (χ3n) is 3.88. The van der Waals surface area contributed by atoms with Crippen molar-refractivity contribution in [2.75, 3.05) is 0 Å². The van der Waals surface area contributed by atoms with Crippen LogP contribution < -0.4 is 5.73 Å². The lowest BCUT2D eigenvalue weighted by Gasteiger charge is -2.18. The molecule has 2 unspecified atom stereocenters. The highest BCUT2D eigenvalue weighted by Gasteiger charge is 2.72. The number of likely N-dealkylation sites (tertiary alicyclic amines) is 1. The minimum atomic E-state index is -0.190. The number of nitrogens with zero attached hydrogens (tertiary/aromatic N) is 3. The number of carbonyl (C=O) groups is 2. The van der Waals surface area contributed by atoms with Crippen LogP contribution in [0, 0.1) is 17.3 Å². The molecule has 0 spiro atoms. The average Bonchev–Trinajstić information content (AvgIpc) is 2.66. The van der Waals surface area contributed by atoms with E-state index in [1.54, 1.807) is 0 Å². The Bertz CT molecular complexity index is 512. The van der Waals surface area contributed by atoms with Crippen LogP contribution in [-0.2, 0) is 22.7 Å². The molecule has 2 aliphatic rings.